The highest BCUT2D eigenvalue weighted by molar-refractivity contribution is 5.38. The van der Waals surface area contributed by atoms with E-state index < -0.39 is 0 Å². The highest BCUT2D eigenvalue weighted by Crippen LogP contribution is 2.22. The topological polar surface area (TPSA) is 49.2 Å². The number of hydrogen-bond donors (Lipinski definition) is 1. The van der Waals surface area contributed by atoms with Crippen molar-refractivity contribution in [3.05, 3.63) is 11.4 Å². The third-order valence-corrected chi connectivity index (χ3v) is 2.54. The Balaban J connectivity index is 2.88. The summed E-state index contributed by atoms with van der Waals surface area (Å²) in [7, 11) is 3.81. The van der Waals surface area contributed by atoms with Crippen LogP contribution in [-0.2, 0) is 6.42 Å². The van der Waals surface area contributed by atoms with Gasteiger partial charge in [-0.15, -0.1) is 0 Å². The fourth-order valence-corrected chi connectivity index (χ4v) is 1.53. The predicted octanol–water partition coefficient (Wildman–Crippen LogP) is 2.29. The predicted molar refractivity (Wildman–Crippen MR) is 66.0 cm³/mol. The molecule has 0 saturated heterocycles. The number of aromatic hydroxyl groups is 1. The largest absolute Gasteiger partial charge is 0.504 e. The average molecular weight is 223 g/mol. The Morgan fingerprint density at radius 3 is 2.44 bits per heavy atom. The fraction of sp³-hybridized carbons (Fsp3) is 0.667. The van der Waals surface area contributed by atoms with Crippen LogP contribution in [0.4, 0.5) is 5.95 Å². The van der Waals surface area contributed by atoms with E-state index >= 15 is 0 Å². The lowest BCUT2D eigenvalue weighted by Gasteiger charge is -2.13. The highest BCUT2D eigenvalue weighted by Gasteiger charge is 2.11. The Morgan fingerprint density at radius 2 is 1.88 bits per heavy atom. The van der Waals surface area contributed by atoms with Crippen molar-refractivity contribution in [2.24, 2.45) is 0 Å². The molecule has 1 N–H and O–H groups in total. The van der Waals surface area contributed by atoms with Crippen molar-refractivity contribution in [2.45, 2.75) is 39.5 Å². The standard InChI is InChI=1S/C12H21N3O/c1-5-6-7-8-10-11(16)9(2)13-12(14-10)15(3)4/h16H,5-8H2,1-4H3. The van der Waals surface area contributed by atoms with Crippen molar-refractivity contribution in [3.8, 4) is 5.75 Å². The Bertz CT molecular complexity index is 350. The number of rotatable bonds is 5. The SMILES string of the molecule is CCCCCc1nc(N(C)C)nc(C)c1O. The lowest BCUT2D eigenvalue weighted by Crippen LogP contribution is -2.14. The molecule has 90 valence electrons. The molecule has 0 aliphatic rings. The molecule has 1 heterocycles. The van der Waals surface area contributed by atoms with Crippen LogP contribution < -0.4 is 4.90 Å². The summed E-state index contributed by atoms with van der Waals surface area (Å²) in [5, 5.41) is 9.86. The molecule has 0 aliphatic heterocycles. The van der Waals surface area contributed by atoms with E-state index in [0.717, 1.165) is 18.5 Å². The van der Waals surface area contributed by atoms with Gasteiger partial charge in [-0.3, -0.25) is 0 Å². The van der Waals surface area contributed by atoms with Gasteiger partial charge in [-0.25, -0.2) is 9.97 Å². The van der Waals surface area contributed by atoms with Crippen LogP contribution in [0.2, 0.25) is 0 Å². The number of aryl methyl sites for hydroxylation is 2. The van der Waals surface area contributed by atoms with Crippen molar-refractivity contribution >= 4 is 5.95 Å². The van der Waals surface area contributed by atoms with E-state index in [4.69, 9.17) is 0 Å². The molecular formula is C12H21N3O. The zero-order chi connectivity index (χ0) is 12.1. The summed E-state index contributed by atoms with van der Waals surface area (Å²) in [6.07, 6.45) is 4.22. The molecule has 0 spiro atoms. The first kappa shape index (κ1) is 12.7. The maximum absolute atomic E-state index is 9.86. The molecule has 0 radical (unpaired) electrons. The summed E-state index contributed by atoms with van der Waals surface area (Å²) in [5.41, 5.74) is 1.43. The first-order valence-electron chi connectivity index (χ1n) is 5.80. The summed E-state index contributed by atoms with van der Waals surface area (Å²) >= 11 is 0. The van der Waals surface area contributed by atoms with E-state index in [1.54, 1.807) is 0 Å². The van der Waals surface area contributed by atoms with Crippen molar-refractivity contribution in [1.82, 2.24) is 9.97 Å². The molecule has 0 fully saturated rings. The summed E-state index contributed by atoms with van der Waals surface area (Å²) in [5.74, 6) is 0.920. The minimum Gasteiger partial charge on any atom is -0.504 e. The molecule has 0 unspecified atom stereocenters. The van der Waals surface area contributed by atoms with Crippen LogP contribution >= 0.6 is 0 Å². The Morgan fingerprint density at radius 1 is 1.19 bits per heavy atom. The van der Waals surface area contributed by atoms with Gasteiger partial charge >= 0.3 is 0 Å². The summed E-state index contributed by atoms with van der Waals surface area (Å²) < 4.78 is 0. The molecule has 0 saturated carbocycles. The van der Waals surface area contributed by atoms with E-state index in [9.17, 15) is 5.11 Å². The first-order valence-corrected chi connectivity index (χ1v) is 5.80. The monoisotopic (exact) mass is 223 g/mol. The van der Waals surface area contributed by atoms with Crippen LogP contribution in [0, 0.1) is 6.92 Å². The second-order valence-corrected chi connectivity index (χ2v) is 4.26. The Hall–Kier alpha value is -1.32. The Kier molecular flexibility index (Phi) is 4.52. The number of unbranched alkanes of at least 4 members (excludes halogenated alkanes) is 2. The second kappa shape index (κ2) is 5.68. The molecule has 0 aromatic carbocycles. The fourth-order valence-electron chi connectivity index (χ4n) is 1.53. The second-order valence-electron chi connectivity index (χ2n) is 4.26. The zero-order valence-corrected chi connectivity index (χ0v) is 10.6. The van der Waals surface area contributed by atoms with Gasteiger partial charge in [0.25, 0.3) is 0 Å². The lowest BCUT2D eigenvalue weighted by molar-refractivity contribution is 0.453. The number of aromatic nitrogens is 2. The van der Waals surface area contributed by atoms with E-state index in [2.05, 4.69) is 16.9 Å². The maximum atomic E-state index is 9.86. The molecule has 0 bridgehead atoms. The Labute approximate surface area is 97.3 Å². The maximum Gasteiger partial charge on any atom is 0.225 e. The van der Waals surface area contributed by atoms with Gasteiger partial charge in [-0.05, 0) is 19.8 Å². The molecule has 4 nitrogen and oxygen atoms in total. The molecule has 16 heavy (non-hydrogen) atoms. The van der Waals surface area contributed by atoms with E-state index in [1.165, 1.54) is 12.8 Å². The smallest absolute Gasteiger partial charge is 0.225 e. The molecule has 0 atom stereocenters. The van der Waals surface area contributed by atoms with Gasteiger partial charge in [0.1, 0.15) is 0 Å². The van der Waals surface area contributed by atoms with E-state index in [-0.39, 0.29) is 5.75 Å². The van der Waals surface area contributed by atoms with Crippen LogP contribution in [-0.4, -0.2) is 29.2 Å². The minimum absolute atomic E-state index is 0.252. The molecule has 1 rings (SSSR count). The lowest BCUT2D eigenvalue weighted by atomic mass is 10.1. The summed E-state index contributed by atoms with van der Waals surface area (Å²) in [6.45, 7) is 3.98. The summed E-state index contributed by atoms with van der Waals surface area (Å²) in [6, 6.07) is 0. The van der Waals surface area contributed by atoms with E-state index in [0.29, 0.717) is 11.6 Å². The van der Waals surface area contributed by atoms with Crippen molar-refractivity contribution in [2.75, 3.05) is 19.0 Å². The van der Waals surface area contributed by atoms with Crippen LogP contribution in [0.5, 0.6) is 5.75 Å². The third-order valence-electron chi connectivity index (χ3n) is 2.54. The van der Waals surface area contributed by atoms with Gasteiger partial charge in [-0.2, -0.15) is 0 Å². The van der Waals surface area contributed by atoms with Gasteiger partial charge in [0.05, 0.1) is 11.4 Å². The molecular weight excluding hydrogens is 202 g/mol. The van der Waals surface area contributed by atoms with Gasteiger partial charge < -0.3 is 10.0 Å². The zero-order valence-electron chi connectivity index (χ0n) is 10.6. The van der Waals surface area contributed by atoms with Gasteiger partial charge in [0, 0.05) is 14.1 Å². The van der Waals surface area contributed by atoms with Crippen LogP contribution in [0.15, 0.2) is 0 Å². The number of anilines is 1. The van der Waals surface area contributed by atoms with Crippen molar-refractivity contribution < 1.29 is 5.11 Å². The van der Waals surface area contributed by atoms with Crippen LogP contribution in [0.3, 0.4) is 0 Å². The normalized spacial score (nSPS) is 10.5. The first-order chi connectivity index (χ1) is 7.56. The van der Waals surface area contributed by atoms with Crippen LogP contribution in [0.1, 0.15) is 37.6 Å². The average Bonchev–Trinajstić information content (AvgIpc) is 2.24. The molecule has 0 amide bonds. The summed E-state index contributed by atoms with van der Waals surface area (Å²) in [4.78, 5) is 10.5. The molecule has 1 aromatic rings. The number of nitrogens with zero attached hydrogens (tertiary/aromatic N) is 3. The number of hydrogen-bond acceptors (Lipinski definition) is 4. The molecule has 0 aliphatic carbocycles. The van der Waals surface area contributed by atoms with Crippen molar-refractivity contribution in [1.29, 1.82) is 0 Å². The van der Waals surface area contributed by atoms with Crippen LogP contribution in [0.25, 0.3) is 0 Å². The van der Waals surface area contributed by atoms with Gasteiger partial charge in [-0.1, -0.05) is 19.8 Å². The third kappa shape index (κ3) is 3.08. The minimum atomic E-state index is 0.252. The molecule has 4 heteroatoms. The van der Waals surface area contributed by atoms with Gasteiger partial charge in [0.2, 0.25) is 5.95 Å². The van der Waals surface area contributed by atoms with E-state index in [1.807, 2.05) is 25.9 Å². The molecule has 1 aromatic heterocycles. The quantitative estimate of drug-likeness (QED) is 0.778. The van der Waals surface area contributed by atoms with Gasteiger partial charge in [0.15, 0.2) is 5.75 Å². The van der Waals surface area contributed by atoms with Crippen molar-refractivity contribution in [3.63, 3.8) is 0 Å². The highest BCUT2D eigenvalue weighted by atomic mass is 16.3.